The summed E-state index contributed by atoms with van der Waals surface area (Å²) in [6.45, 7) is 17.9. The Morgan fingerprint density at radius 2 is 1.15 bits per heavy atom. The maximum Gasteiger partial charge on any atom is 0.248 e. The molecule has 82 heavy (non-hydrogen) atoms. The van der Waals surface area contributed by atoms with Crippen LogP contribution in [0.2, 0.25) is 0 Å². The molecule has 1 heterocycles. The first-order valence-electron chi connectivity index (χ1n) is 28.3. The summed E-state index contributed by atoms with van der Waals surface area (Å²) in [6.07, 6.45) is 5.52. The average Bonchev–Trinajstić information content (AvgIpc) is 4.11. The standard InChI is InChI=1S/C60H89N13O9/c1-11-59(9,71-50(76)39(3)66-53(79)57(5,6)73-54(80)58(7,8)70-51(77)47(67-40(4)74)36-42-25-17-14-18-26-42)55(81)65-38-48(75)69-49(45-27-21-28-46-44(45)29-34-64-46)52(78)72-60(10,12-2)56(82)68-43(35-41-23-15-13-16-24-41)37-63-33-22-32-62-31-20-19-30-61/h13-18,21,23-29,34,39,43,47,49,62-64H,11-12,19-20,22,30-33,35-38,61H2,1-10H3,(H,65,81)(H,66,79)(H,67,74)(H,68,82)(H,69,75)(H,70,77)(H,71,76)(H,72,78)(H,73,80). The number of aromatic nitrogens is 1. The zero-order valence-corrected chi connectivity index (χ0v) is 49.4. The molecule has 6 atom stereocenters. The van der Waals surface area contributed by atoms with E-state index in [4.69, 9.17) is 5.73 Å². The summed E-state index contributed by atoms with van der Waals surface area (Å²) in [7, 11) is 0. The van der Waals surface area contributed by atoms with Gasteiger partial charge in [0.05, 0.1) is 6.54 Å². The number of carbonyl (C=O) groups is 9. The third-order valence-electron chi connectivity index (χ3n) is 14.4. The molecular formula is C60H89N13O9. The minimum Gasteiger partial charge on any atom is -0.361 e. The summed E-state index contributed by atoms with van der Waals surface area (Å²) in [4.78, 5) is 126. The van der Waals surface area contributed by atoms with Gasteiger partial charge in [-0.1, -0.05) is 86.6 Å². The van der Waals surface area contributed by atoms with Crippen molar-refractivity contribution in [2.75, 3.05) is 39.3 Å². The average molecular weight is 1140 g/mol. The molecule has 4 rings (SSSR count). The predicted molar refractivity (Wildman–Crippen MR) is 316 cm³/mol. The fourth-order valence-electron chi connectivity index (χ4n) is 8.80. The number of hydrogen-bond acceptors (Lipinski definition) is 12. The van der Waals surface area contributed by atoms with Gasteiger partial charge in [-0.05, 0) is 142 Å². The minimum atomic E-state index is -1.62. The van der Waals surface area contributed by atoms with Gasteiger partial charge in [-0.3, -0.25) is 43.2 Å². The third-order valence-corrected chi connectivity index (χ3v) is 14.4. The molecule has 1 aromatic heterocycles. The van der Waals surface area contributed by atoms with Crippen molar-refractivity contribution in [3.05, 3.63) is 108 Å². The Labute approximate surface area is 482 Å². The van der Waals surface area contributed by atoms with Crippen LogP contribution in [-0.2, 0) is 56.0 Å². The number of fused-ring (bicyclic) bond motifs is 1. The Balaban J connectivity index is 1.39. The quantitative estimate of drug-likeness (QED) is 0.0299. The first-order chi connectivity index (χ1) is 38.8. The Bertz CT molecular complexity index is 2790. The van der Waals surface area contributed by atoms with E-state index in [2.05, 4.69) is 63.5 Å². The normalized spacial score (nSPS) is 14.5. The molecular weight excluding hydrogens is 1050 g/mol. The highest BCUT2D eigenvalue weighted by atomic mass is 16.2. The highest BCUT2D eigenvalue weighted by Gasteiger charge is 2.41. The van der Waals surface area contributed by atoms with Gasteiger partial charge in [-0.15, -0.1) is 0 Å². The van der Waals surface area contributed by atoms with Crippen molar-refractivity contribution in [3.8, 4) is 0 Å². The lowest BCUT2D eigenvalue weighted by atomic mass is 9.94. The molecule has 0 bridgehead atoms. The smallest absolute Gasteiger partial charge is 0.248 e. The van der Waals surface area contributed by atoms with Crippen LogP contribution in [0.5, 0.6) is 0 Å². The van der Waals surface area contributed by atoms with Gasteiger partial charge in [0.15, 0.2) is 0 Å². The minimum absolute atomic E-state index is 0.0528. The number of amides is 9. The number of carbonyl (C=O) groups excluding carboxylic acids is 9. The molecule has 6 unspecified atom stereocenters. The van der Waals surface area contributed by atoms with Crippen LogP contribution in [0.15, 0.2) is 91.1 Å². The van der Waals surface area contributed by atoms with Gasteiger partial charge >= 0.3 is 0 Å². The van der Waals surface area contributed by atoms with Crippen molar-refractivity contribution in [3.63, 3.8) is 0 Å². The van der Waals surface area contributed by atoms with E-state index >= 15 is 0 Å². The number of nitrogens with one attached hydrogen (secondary N) is 12. The van der Waals surface area contributed by atoms with Crippen LogP contribution in [0.4, 0.5) is 0 Å². The highest BCUT2D eigenvalue weighted by Crippen LogP contribution is 2.26. The van der Waals surface area contributed by atoms with Crippen LogP contribution < -0.4 is 64.2 Å². The van der Waals surface area contributed by atoms with Crippen LogP contribution in [0, 0.1) is 0 Å². The first-order valence-corrected chi connectivity index (χ1v) is 28.3. The first kappa shape index (κ1) is 66.8. The molecule has 0 saturated heterocycles. The fourth-order valence-corrected chi connectivity index (χ4v) is 8.80. The number of H-pyrrole nitrogens is 1. The van der Waals surface area contributed by atoms with Crippen molar-refractivity contribution in [2.24, 2.45) is 5.73 Å². The zero-order valence-electron chi connectivity index (χ0n) is 49.4. The monoisotopic (exact) mass is 1140 g/mol. The van der Waals surface area contributed by atoms with Crippen molar-refractivity contribution < 1.29 is 43.2 Å². The lowest BCUT2D eigenvalue weighted by Gasteiger charge is -2.34. The van der Waals surface area contributed by atoms with Crippen molar-refractivity contribution in [1.29, 1.82) is 0 Å². The van der Waals surface area contributed by atoms with E-state index < -0.39 is 100.0 Å². The van der Waals surface area contributed by atoms with Gasteiger partial charge < -0.3 is 69.2 Å². The van der Waals surface area contributed by atoms with Gasteiger partial charge in [-0.25, -0.2) is 0 Å². The Kier molecular flexibility index (Phi) is 25.7. The summed E-state index contributed by atoms with van der Waals surface area (Å²) in [6, 6.07) is 21.9. The second-order valence-electron chi connectivity index (χ2n) is 22.3. The molecule has 4 aromatic rings. The molecule has 22 heteroatoms. The molecule has 0 saturated carbocycles. The Morgan fingerprint density at radius 3 is 1.77 bits per heavy atom. The van der Waals surface area contributed by atoms with E-state index in [0.29, 0.717) is 36.0 Å². The molecule has 0 fully saturated rings. The van der Waals surface area contributed by atoms with Gasteiger partial charge in [-0.2, -0.15) is 0 Å². The van der Waals surface area contributed by atoms with E-state index in [0.717, 1.165) is 50.0 Å². The SMILES string of the molecule is CCC(C)(NC(=O)C(C)NC(=O)C(C)(C)NC(=O)C(C)(C)NC(=O)C(Cc1ccccc1)NC(C)=O)C(=O)NCC(=O)NC(C(=O)NC(C)(CC)C(=O)NC(CNCCCNCCCCN)Cc1ccccc1)c1cccc2[nH]ccc12. The summed E-state index contributed by atoms with van der Waals surface area (Å²) in [5.74, 6) is -5.88. The summed E-state index contributed by atoms with van der Waals surface area (Å²) < 4.78 is 0. The summed E-state index contributed by atoms with van der Waals surface area (Å²) >= 11 is 0. The molecule has 22 nitrogen and oxygen atoms in total. The predicted octanol–water partition coefficient (Wildman–Crippen LogP) is 2.09. The zero-order chi connectivity index (χ0) is 60.7. The summed E-state index contributed by atoms with van der Waals surface area (Å²) in [5.41, 5.74) is 2.33. The van der Waals surface area contributed by atoms with Crippen LogP contribution in [-0.4, -0.2) is 138 Å². The Hall–Kier alpha value is -7.69. The summed E-state index contributed by atoms with van der Waals surface area (Å²) in [5, 5.41) is 32.2. The highest BCUT2D eigenvalue weighted by molar-refractivity contribution is 6.01. The van der Waals surface area contributed by atoms with Crippen LogP contribution in [0.3, 0.4) is 0 Å². The molecule has 0 aliphatic rings. The number of benzene rings is 3. The van der Waals surface area contributed by atoms with Crippen LogP contribution >= 0.6 is 0 Å². The Morgan fingerprint density at radius 1 is 0.561 bits per heavy atom. The van der Waals surface area contributed by atoms with E-state index in [-0.39, 0.29) is 25.3 Å². The van der Waals surface area contributed by atoms with Gasteiger partial charge in [0.2, 0.25) is 53.2 Å². The van der Waals surface area contributed by atoms with Gasteiger partial charge in [0.1, 0.15) is 40.3 Å². The maximum absolute atomic E-state index is 14.6. The lowest BCUT2D eigenvalue weighted by molar-refractivity contribution is -0.139. The third kappa shape index (κ3) is 20.4. The number of nitrogens with two attached hydrogens (primary N) is 1. The maximum atomic E-state index is 14.6. The largest absolute Gasteiger partial charge is 0.361 e. The number of rotatable bonds is 34. The van der Waals surface area contributed by atoms with Crippen LogP contribution in [0.1, 0.15) is 124 Å². The molecule has 0 spiro atoms. The van der Waals surface area contributed by atoms with E-state index in [1.807, 2.05) is 42.5 Å². The molecule has 0 aliphatic carbocycles. The van der Waals surface area contributed by atoms with Gasteiger partial charge in [0.25, 0.3) is 0 Å². The molecule has 0 aliphatic heterocycles. The van der Waals surface area contributed by atoms with Crippen LogP contribution in [0.25, 0.3) is 10.9 Å². The number of aromatic amines is 1. The van der Waals surface area contributed by atoms with E-state index in [1.165, 1.54) is 48.5 Å². The van der Waals surface area contributed by atoms with Crippen molar-refractivity contribution in [1.82, 2.24) is 63.5 Å². The van der Waals surface area contributed by atoms with Gasteiger partial charge in [0, 0.05) is 43.0 Å². The topological polar surface area (TPSA) is 328 Å². The molecule has 9 amide bonds. The van der Waals surface area contributed by atoms with Crippen molar-refractivity contribution >= 4 is 64.1 Å². The number of unbranched alkanes of at least 4 members (excludes halogenated alkanes) is 1. The number of hydrogen-bond donors (Lipinski definition) is 13. The molecule has 0 radical (unpaired) electrons. The second kappa shape index (κ2) is 31.5. The molecule has 14 N–H and O–H groups in total. The molecule has 3 aromatic carbocycles. The fraction of sp³-hybridized carbons (Fsp3) is 0.517. The van der Waals surface area contributed by atoms with Crippen molar-refractivity contribution in [2.45, 2.75) is 161 Å². The van der Waals surface area contributed by atoms with E-state index in [9.17, 15) is 43.2 Å². The second-order valence-corrected chi connectivity index (χ2v) is 22.3. The lowest BCUT2D eigenvalue weighted by Crippen LogP contribution is -2.66. The van der Waals surface area contributed by atoms with E-state index in [1.54, 1.807) is 69.4 Å². The molecule has 448 valence electrons.